The molecule has 166 valence electrons. The normalized spacial score (nSPS) is 30.0. The molecule has 0 radical (unpaired) electrons. The molecule has 0 amide bonds. The van der Waals surface area contributed by atoms with E-state index in [9.17, 15) is 5.26 Å². The van der Waals surface area contributed by atoms with Crippen molar-refractivity contribution in [2.45, 2.75) is 78.2 Å². The summed E-state index contributed by atoms with van der Waals surface area (Å²) in [5, 5.41) is 9.54. The maximum Gasteiger partial charge on any atom is 0.123 e. The van der Waals surface area contributed by atoms with Gasteiger partial charge < -0.3 is 4.74 Å². The monoisotopic (exact) mass is 425 g/mol. The van der Waals surface area contributed by atoms with Crippen LogP contribution in [-0.2, 0) is 19.4 Å². The summed E-state index contributed by atoms with van der Waals surface area (Å²) in [6.07, 6.45) is 8.31. The van der Waals surface area contributed by atoms with Crippen molar-refractivity contribution in [1.29, 1.82) is 5.26 Å². The summed E-state index contributed by atoms with van der Waals surface area (Å²) < 4.78 is 6.32. The molecule has 0 heterocycles. The maximum absolute atomic E-state index is 9.54. The Morgan fingerprint density at radius 1 is 1.12 bits per heavy atom. The number of fused-ring (bicyclic) bond motifs is 5. The molecule has 2 nitrogen and oxygen atoms in total. The molecule has 0 N–H and O–H groups in total. The number of hydrogen-bond acceptors (Lipinski definition) is 2. The molecule has 0 aliphatic heterocycles. The summed E-state index contributed by atoms with van der Waals surface area (Å²) >= 11 is 0. The van der Waals surface area contributed by atoms with Crippen molar-refractivity contribution in [3.63, 3.8) is 0 Å². The van der Waals surface area contributed by atoms with Crippen LogP contribution >= 0.6 is 0 Å². The summed E-state index contributed by atoms with van der Waals surface area (Å²) in [7, 11) is 0. The first kappa shape index (κ1) is 21.3. The zero-order chi connectivity index (χ0) is 22.3. The number of allylic oxidation sites excluding steroid dienone is 2. The number of nitrogens with zero attached hydrogens (tertiary/aromatic N) is 1. The first-order chi connectivity index (χ1) is 15.5. The Bertz CT molecular complexity index is 1080. The standard InChI is InChI=1S/C30H35NO/c1-4-22-16-26-23(17-29(22)32-19-21-8-6-5-7-9-21)10-11-25-24(26)14-15-30(3)27(20(2)18-31)12-13-28(25)30/h5-9,16-17,24-25,28H,4,10-15,19H2,1-3H3/b27-20+/t24?,25-,28+,30-/m1/s1. The van der Waals surface area contributed by atoms with Crippen molar-refractivity contribution in [3.8, 4) is 11.8 Å². The molecule has 5 rings (SSSR count). The van der Waals surface area contributed by atoms with Crippen LogP contribution in [0.15, 0.2) is 53.6 Å². The van der Waals surface area contributed by atoms with E-state index in [1.165, 1.54) is 47.9 Å². The van der Waals surface area contributed by atoms with Gasteiger partial charge in [-0.05, 0) is 103 Å². The zero-order valence-electron chi connectivity index (χ0n) is 19.8. The van der Waals surface area contributed by atoms with Gasteiger partial charge in [0.15, 0.2) is 0 Å². The van der Waals surface area contributed by atoms with Gasteiger partial charge in [-0.1, -0.05) is 55.8 Å². The van der Waals surface area contributed by atoms with Gasteiger partial charge in [-0.25, -0.2) is 0 Å². The van der Waals surface area contributed by atoms with Gasteiger partial charge in [0.25, 0.3) is 0 Å². The highest BCUT2D eigenvalue weighted by molar-refractivity contribution is 5.47. The number of aryl methyl sites for hydroxylation is 2. The van der Waals surface area contributed by atoms with E-state index in [-0.39, 0.29) is 5.41 Å². The van der Waals surface area contributed by atoms with Crippen LogP contribution in [-0.4, -0.2) is 0 Å². The van der Waals surface area contributed by atoms with Crippen LogP contribution in [0.2, 0.25) is 0 Å². The van der Waals surface area contributed by atoms with Crippen molar-refractivity contribution in [2.75, 3.05) is 0 Å². The number of nitriles is 1. The third-order valence-corrected chi connectivity index (χ3v) is 8.93. The average Bonchev–Trinajstić information content (AvgIpc) is 3.19. The lowest BCUT2D eigenvalue weighted by Crippen LogP contribution is -2.40. The maximum atomic E-state index is 9.54. The molecule has 0 bridgehead atoms. The van der Waals surface area contributed by atoms with E-state index in [1.807, 2.05) is 6.92 Å². The molecule has 3 aliphatic carbocycles. The molecule has 2 aromatic rings. The SMILES string of the molecule is CCc1cc2c(cc1OCc1ccccc1)CC[C@@H]1C2CC[C@]2(C)/C(=C(\C)C#N)CC[C@@H]12. The van der Waals surface area contributed by atoms with Gasteiger partial charge in [0.2, 0.25) is 0 Å². The predicted molar refractivity (Wildman–Crippen MR) is 130 cm³/mol. The van der Waals surface area contributed by atoms with E-state index >= 15 is 0 Å². The highest BCUT2D eigenvalue weighted by Crippen LogP contribution is 2.63. The fourth-order valence-electron chi connectivity index (χ4n) is 7.29. The molecule has 32 heavy (non-hydrogen) atoms. The molecule has 4 atom stereocenters. The molecule has 0 spiro atoms. The lowest BCUT2D eigenvalue weighted by atomic mass is 9.55. The molecular formula is C30H35NO. The Labute approximate surface area is 193 Å². The van der Waals surface area contributed by atoms with Gasteiger partial charge in [0, 0.05) is 5.57 Å². The molecular weight excluding hydrogens is 390 g/mol. The first-order valence-corrected chi connectivity index (χ1v) is 12.5. The second kappa shape index (κ2) is 8.43. The van der Waals surface area contributed by atoms with Crippen LogP contribution in [0, 0.1) is 28.6 Å². The average molecular weight is 426 g/mol. The molecule has 0 aromatic heterocycles. The smallest absolute Gasteiger partial charge is 0.123 e. The summed E-state index contributed by atoms with van der Waals surface area (Å²) in [5.74, 6) is 3.23. The Morgan fingerprint density at radius 3 is 2.69 bits per heavy atom. The van der Waals surface area contributed by atoms with Crippen molar-refractivity contribution in [3.05, 3.63) is 75.9 Å². The van der Waals surface area contributed by atoms with E-state index in [0.29, 0.717) is 12.5 Å². The molecule has 2 saturated carbocycles. The number of hydrogen-bond donors (Lipinski definition) is 0. The van der Waals surface area contributed by atoms with Crippen molar-refractivity contribution in [1.82, 2.24) is 0 Å². The minimum absolute atomic E-state index is 0.241. The van der Waals surface area contributed by atoms with Crippen LogP contribution in [0.3, 0.4) is 0 Å². The van der Waals surface area contributed by atoms with Crippen LogP contribution in [0.1, 0.15) is 81.0 Å². The molecule has 2 aromatic carbocycles. The number of ether oxygens (including phenoxy) is 1. The second-order valence-corrected chi connectivity index (χ2v) is 10.4. The highest BCUT2D eigenvalue weighted by Gasteiger charge is 2.53. The Kier molecular flexibility index (Phi) is 5.62. The summed E-state index contributed by atoms with van der Waals surface area (Å²) in [4.78, 5) is 0. The van der Waals surface area contributed by atoms with Crippen molar-refractivity contribution in [2.24, 2.45) is 17.3 Å². The van der Waals surface area contributed by atoms with Gasteiger partial charge in [0.05, 0.1) is 6.07 Å². The van der Waals surface area contributed by atoms with Crippen LogP contribution in [0.25, 0.3) is 0 Å². The van der Waals surface area contributed by atoms with Crippen LogP contribution < -0.4 is 4.74 Å². The van der Waals surface area contributed by atoms with E-state index < -0.39 is 0 Å². The highest BCUT2D eigenvalue weighted by atomic mass is 16.5. The fourth-order valence-corrected chi connectivity index (χ4v) is 7.29. The Morgan fingerprint density at radius 2 is 1.94 bits per heavy atom. The van der Waals surface area contributed by atoms with Gasteiger partial charge in [-0.3, -0.25) is 0 Å². The largest absolute Gasteiger partial charge is 0.489 e. The molecule has 3 aliphatic rings. The Hall–Kier alpha value is -2.53. The van der Waals surface area contributed by atoms with Crippen molar-refractivity contribution >= 4 is 0 Å². The van der Waals surface area contributed by atoms with Gasteiger partial charge >= 0.3 is 0 Å². The third kappa shape index (κ3) is 3.47. The van der Waals surface area contributed by atoms with Gasteiger partial charge in [-0.15, -0.1) is 0 Å². The molecule has 2 heteroatoms. The lowest BCUT2D eigenvalue weighted by Gasteiger charge is -2.50. The summed E-state index contributed by atoms with van der Waals surface area (Å²) in [6, 6.07) is 17.8. The first-order valence-electron chi connectivity index (χ1n) is 12.5. The number of benzene rings is 2. The topological polar surface area (TPSA) is 33.0 Å². The van der Waals surface area contributed by atoms with Gasteiger partial charge in [-0.2, -0.15) is 5.26 Å². The van der Waals surface area contributed by atoms with E-state index in [2.05, 4.69) is 62.4 Å². The number of rotatable bonds is 4. The van der Waals surface area contributed by atoms with Crippen LogP contribution in [0.4, 0.5) is 0 Å². The quantitative estimate of drug-likeness (QED) is 0.474. The van der Waals surface area contributed by atoms with Crippen LogP contribution in [0.5, 0.6) is 5.75 Å². The molecule has 0 saturated heterocycles. The molecule has 1 unspecified atom stereocenters. The second-order valence-electron chi connectivity index (χ2n) is 10.4. The minimum Gasteiger partial charge on any atom is -0.489 e. The van der Waals surface area contributed by atoms with E-state index in [4.69, 9.17) is 4.74 Å². The minimum atomic E-state index is 0.241. The Balaban J connectivity index is 1.42. The van der Waals surface area contributed by atoms with Gasteiger partial charge in [0.1, 0.15) is 12.4 Å². The van der Waals surface area contributed by atoms with E-state index in [1.54, 1.807) is 5.56 Å². The summed E-state index contributed by atoms with van der Waals surface area (Å²) in [5.41, 5.74) is 8.37. The molecule has 2 fully saturated rings. The lowest BCUT2D eigenvalue weighted by molar-refractivity contribution is 0.0809. The summed E-state index contributed by atoms with van der Waals surface area (Å²) in [6.45, 7) is 7.38. The fraction of sp³-hybridized carbons (Fsp3) is 0.500. The third-order valence-electron chi connectivity index (χ3n) is 8.93. The zero-order valence-corrected chi connectivity index (χ0v) is 19.8. The predicted octanol–water partition coefficient (Wildman–Crippen LogP) is 7.52. The van der Waals surface area contributed by atoms with Crippen molar-refractivity contribution < 1.29 is 4.74 Å². The van der Waals surface area contributed by atoms with E-state index in [0.717, 1.165) is 42.4 Å².